The van der Waals surface area contributed by atoms with E-state index in [1.807, 2.05) is 49.6 Å². The van der Waals surface area contributed by atoms with E-state index < -0.39 is 0 Å². The van der Waals surface area contributed by atoms with E-state index in [0.29, 0.717) is 0 Å². The van der Waals surface area contributed by atoms with Gasteiger partial charge in [-0.2, -0.15) is 0 Å². The highest BCUT2D eigenvalue weighted by Gasteiger charge is 2.21. The third-order valence-electron chi connectivity index (χ3n) is 5.26. The van der Waals surface area contributed by atoms with Gasteiger partial charge in [0.15, 0.2) is 5.82 Å². The van der Waals surface area contributed by atoms with Gasteiger partial charge < -0.3 is 5.73 Å². The van der Waals surface area contributed by atoms with E-state index >= 15 is 0 Å². The summed E-state index contributed by atoms with van der Waals surface area (Å²) in [6.07, 6.45) is 6.67. The Morgan fingerprint density at radius 3 is 2.82 bits per heavy atom. The Balaban J connectivity index is 1.38. The molecule has 28 heavy (non-hydrogen) atoms. The van der Waals surface area contributed by atoms with E-state index in [1.165, 1.54) is 11.3 Å². The van der Waals surface area contributed by atoms with E-state index in [-0.39, 0.29) is 0 Å². The molecular formula is C21H21N7. The number of nitrogen functional groups attached to an aromatic ring is 1. The molecule has 4 heterocycles. The first kappa shape index (κ1) is 16.8. The maximum absolute atomic E-state index is 5.78. The van der Waals surface area contributed by atoms with Gasteiger partial charge in [0.2, 0.25) is 5.78 Å². The fourth-order valence-electron chi connectivity index (χ4n) is 3.73. The number of nitrogens with zero attached hydrogens (tertiary/aromatic N) is 6. The monoisotopic (exact) mass is 371 g/mol. The van der Waals surface area contributed by atoms with Crippen LogP contribution < -0.4 is 5.73 Å². The fourth-order valence-corrected chi connectivity index (χ4v) is 3.73. The number of imidazole rings is 1. The predicted octanol–water partition coefficient (Wildman–Crippen LogP) is 2.64. The summed E-state index contributed by atoms with van der Waals surface area (Å²) >= 11 is 0. The Kier molecular flexibility index (Phi) is 4.02. The first-order valence-electron chi connectivity index (χ1n) is 9.39. The van der Waals surface area contributed by atoms with Gasteiger partial charge in [0.05, 0.1) is 17.1 Å². The minimum absolute atomic E-state index is 0.746. The van der Waals surface area contributed by atoms with E-state index in [1.54, 1.807) is 6.20 Å². The summed E-state index contributed by atoms with van der Waals surface area (Å²) in [4.78, 5) is 20.7. The number of hydrogen-bond donors (Lipinski definition) is 1. The summed E-state index contributed by atoms with van der Waals surface area (Å²) in [5.74, 6) is 1.51. The molecule has 0 amide bonds. The normalized spacial score (nSPS) is 14.3. The second-order valence-electron chi connectivity index (χ2n) is 7.18. The van der Waals surface area contributed by atoms with Crippen molar-refractivity contribution in [1.82, 2.24) is 29.2 Å². The van der Waals surface area contributed by atoms with Crippen LogP contribution >= 0.6 is 0 Å². The van der Waals surface area contributed by atoms with Crippen LogP contribution in [-0.2, 0) is 19.5 Å². The highest BCUT2D eigenvalue weighted by Crippen LogP contribution is 2.23. The zero-order valence-corrected chi connectivity index (χ0v) is 15.7. The van der Waals surface area contributed by atoms with E-state index in [4.69, 9.17) is 10.7 Å². The molecule has 3 aromatic heterocycles. The molecule has 0 bridgehead atoms. The van der Waals surface area contributed by atoms with Crippen LogP contribution in [0.25, 0.3) is 17.2 Å². The largest absolute Gasteiger partial charge is 0.399 e. The number of rotatable bonds is 3. The molecule has 7 nitrogen and oxygen atoms in total. The molecular weight excluding hydrogens is 350 g/mol. The van der Waals surface area contributed by atoms with Crippen molar-refractivity contribution in [3.8, 4) is 11.4 Å². The van der Waals surface area contributed by atoms with Crippen molar-refractivity contribution in [2.24, 2.45) is 0 Å². The highest BCUT2D eigenvalue weighted by molar-refractivity contribution is 5.58. The molecule has 1 aliphatic rings. The number of nitrogens with two attached hydrogens (primary N) is 1. The molecule has 0 spiro atoms. The molecule has 7 heteroatoms. The molecule has 0 saturated heterocycles. The van der Waals surface area contributed by atoms with Crippen molar-refractivity contribution < 1.29 is 0 Å². The zero-order valence-electron chi connectivity index (χ0n) is 15.7. The lowest BCUT2D eigenvalue weighted by Crippen LogP contribution is -2.31. The number of aryl methyl sites for hydroxylation is 1. The lowest BCUT2D eigenvalue weighted by molar-refractivity contribution is 0.239. The fraction of sp³-hybridized carbons (Fsp3) is 0.238. The van der Waals surface area contributed by atoms with Crippen molar-refractivity contribution >= 4 is 11.5 Å². The molecule has 0 saturated carbocycles. The number of aromatic nitrogens is 5. The molecule has 5 rings (SSSR count). The second-order valence-corrected chi connectivity index (χ2v) is 7.18. The van der Waals surface area contributed by atoms with Crippen LogP contribution in [-0.4, -0.2) is 35.8 Å². The SMILES string of the molecule is Cc1nc2ncccn2c1CN1CCc2nc(-c3ccc(N)cc3)ncc2C1. The predicted molar refractivity (Wildman–Crippen MR) is 107 cm³/mol. The van der Waals surface area contributed by atoms with Crippen molar-refractivity contribution in [3.05, 3.63) is 71.6 Å². The first-order chi connectivity index (χ1) is 13.7. The Morgan fingerprint density at radius 1 is 1.11 bits per heavy atom. The minimum atomic E-state index is 0.746. The first-order valence-corrected chi connectivity index (χ1v) is 9.39. The van der Waals surface area contributed by atoms with Gasteiger partial charge in [0, 0.05) is 61.5 Å². The molecule has 0 aliphatic carbocycles. The van der Waals surface area contributed by atoms with Crippen LogP contribution in [0, 0.1) is 6.92 Å². The molecule has 2 N–H and O–H groups in total. The lowest BCUT2D eigenvalue weighted by atomic mass is 10.1. The van der Waals surface area contributed by atoms with Crippen molar-refractivity contribution in [2.45, 2.75) is 26.4 Å². The van der Waals surface area contributed by atoms with Crippen molar-refractivity contribution in [2.75, 3.05) is 12.3 Å². The van der Waals surface area contributed by atoms with E-state index in [2.05, 4.69) is 24.3 Å². The van der Waals surface area contributed by atoms with E-state index in [0.717, 1.165) is 60.3 Å². The number of hydrogen-bond acceptors (Lipinski definition) is 6. The van der Waals surface area contributed by atoms with Gasteiger partial charge >= 0.3 is 0 Å². The van der Waals surface area contributed by atoms with Crippen LogP contribution in [0.2, 0.25) is 0 Å². The van der Waals surface area contributed by atoms with Gasteiger partial charge in [0.1, 0.15) is 0 Å². The zero-order chi connectivity index (χ0) is 19.1. The topological polar surface area (TPSA) is 85.2 Å². The maximum atomic E-state index is 5.78. The Bertz CT molecular complexity index is 1150. The Labute approximate surface area is 162 Å². The minimum Gasteiger partial charge on any atom is -0.399 e. The van der Waals surface area contributed by atoms with Gasteiger partial charge in [-0.1, -0.05) is 0 Å². The molecule has 0 atom stereocenters. The van der Waals surface area contributed by atoms with Crippen LogP contribution in [0.5, 0.6) is 0 Å². The summed E-state index contributed by atoms with van der Waals surface area (Å²) in [6, 6.07) is 9.64. The van der Waals surface area contributed by atoms with Crippen molar-refractivity contribution in [1.29, 1.82) is 0 Å². The third-order valence-corrected chi connectivity index (χ3v) is 5.26. The summed E-state index contributed by atoms with van der Waals surface area (Å²) < 4.78 is 2.07. The van der Waals surface area contributed by atoms with Crippen LogP contribution in [0.1, 0.15) is 22.6 Å². The summed E-state index contributed by atoms with van der Waals surface area (Å²) in [7, 11) is 0. The highest BCUT2D eigenvalue weighted by atomic mass is 15.2. The van der Waals surface area contributed by atoms with Gasteiger partial charge in [-0.05, 0) is 37.3 Å². The standard InChI is InChI=1S/C21H21N7/c1-14-19(28-9-2-8-23-21(28)25-14)13-27-10-7-18-16(12-27)11-24-20(26-18)15-3-5-17(22)6-4-15/h2-6,8-9,11H,7,10,12-13,22H2,1H3. The van der Waals surface area contributed by atoms with Crippen LogP contribution in [0.3, 0.4) is 0 Å². The number of benzene rings is 1. The third kappa shape index (κ3) is 2.99. The second kappa shape index (κ2) is 6.69. The van der Waals surface area contributed by atoms with Gasteiger partial charge in [-0.25, -0.2) is 19.9 Å². The molecule has 140 valence electrons. The average Bonchev–Trinajstić information content (AvgIpc) is 3.03. The summed E-state index contributed by atoms with van der Waals surface area (Å²) in [5.41, 5.74) is 12.1. The van der Waals surface area contributed by atoms with Crippen LogP contribution in [0.4, 0.5) is 5.69 Å². The molecule has 0 fully saturated rings. The Hall–Kier alpha value is -3.32. The van der Waals surface area contributed by atoms with Crippen LogP contribution in [0.15, 0.2) is 48.9 Å². The summed E-state index contributed by atoms with van der Waals surface area (Å²) in [5, 5.41) is 0. The van der Waals surface area contributed by atoms with E-state index in [9.17, 15) is 0 Å². The Morgan fingerprint density at radius 2 is 1.96 bits per heavy atom. The molecule has 4 aromatic rings. The maximum Gasteiger partial charge on any atom is 0.234 e. The van der Waals surface area contributed by atoms with Gasteiger partial charge in [0.25, 0.3) is 0 Å². The summed E-state index contributed by atoms with van der Waals surface area (Å²) in [6.45, 7) is 4.67. The number of anilines is 1. The average molecular weight is 371 g/mol. The smallest absolute Gasteiger partial charge is 0.234 e. The van der Waals surface area contributed by atoms with Gasteiger partial charge in [-0.3, -0.25) is 9.30 Å². The number of fused-ring (bicyclic) bond motifs is 2. The van der Waals surface area contributed by atoms with Gasteiger partial charge in [-0.15, -0.1) is 0 Å². The van der Waals surface area contributed by atoms with Crippen molar-refractivity contribution in [3.63, 3.8) is 0 Å². The molecule has 0 radical (unpaired) electrons. The molecule has 1 aromatic carbocycles. The molecule has 1 aliphatic heterocycles. The molecule has 0 unspecified atom stereocenters. The lowest BCUT2D eigenvalue weighted by Gasteiger charge is -2.28. The quantitative estimate of drug-likeness (QED) is 0.557.